The molecule has 0 saturated heterocycles. The summed E-state index contributed by atoms with van der Waals surface area (Å²) in [6.45, 7) is -0.874. The van der Waals surface area contributed by atoms with Gasteiger partial charge in [0.15, 0.2) is 0 Å². The highest BCUT2D eigenvalue weighted by atomic mass is 19.4. The number of rotatable bonds is 3. The van der Waals surface area contributed by atoms with Gasteiger partial charge in [-0.25, -0.2) is 0 Å². The number of carbonyl (C=O) groups excluding carboxylic acids is 2. The molecule has 0 aliphatic rings. The van der Waals surface area contributed by atoms with E-state index in [1.165, 1.54) is 0 Å². The molecule has 94 valence electrons. The van der Waals surface area contributed by atoms with Crippen LogP contribution in [-0.4, -0.2) is 49.5 Å². The van der Waals surface area contributed by atoms with Crippen LogP contribution in [0.2, 0.25) is 0 Å². The topological polar surface area (TPSA) is 49.4 Å². The fourth-order valence-electron chi connectivity index (χ4n) is 0.727. The van der Waals surface area contributed by atoms with Gasteiger partial charge in [-0.15, -0.1) is 0 Å². The van der Waals surface area contributed by atoms with E-state index >= 15 is 0 Å². The van der Waals surface area contributed by atoms with Crippen LogP contribution < -0.4 is 5.32 Å². The van der Waals surface area contributed by atoms with Gasteiger partial charge >= 0.3 is 18.0 Å². The Morgan fingerprint density at radius 1 is 1.19 bits per heavy atom. The van der Waals surface area contributed by atoms with Crippen LogP contribution in [0.25, 0.3) is 0 Å². The zero-order valence-electron chi connectivity index (χ0n) is 8.36. The normalized spacial score (nSPS) is 12.2. The molecule has 1 N–H and O–H groups in total. The lowest BCUT2D eigenvalue weighted by Gasteiger charge is -2.24. The first-order chi connectivity index (χ1) is 7.04. The third kappa shape index (κ3) is 3.04. The number of halogens is 5. The summed E-state index contributed by atoms with van der Waals surface area (Å²) in [6.07, 6.45) is -5.97. The van der Waals surface area contributed by atoms with Crippen molar-refractivity contribution in [1.29, 1.82) is 0 Å². The quantitative estimate of drug-likeness (QED) is 0.734. The van der Waals surface area contributed by atoms with E-state index in [2.05, 4.69) is 0 Å². The van der Waals surface area contributed by atoms with Gasteiger partial charge in [-0.3, -0.25) is 9.59 Å². The number of hydrogen-bond donors (Lipinski definition) is 1. The van der Waals surface area contributed by atoms with Crippen LogP contribution in [0.3, 0.4) is 0 Å². The molecule has 0 unspecified atom stereocenters. The van der Waals surface area contributed by atoms with E-state index in [1.807, 2.05) is 5.32 Å². The van der Waals surface area contributed by atoms with Crippen LogP contribution in [0.5, 0.6) is 0 Å². The van der Waals surface area contributed by atoms with Gasteiger partial charge in [-0.1, -0.05) is 0 Å². The fraction of sp³-hybridized carbons (Fsp3) is 0.714. The van der Waals surface area contributed by atoms with E-state index in [9.17, 15) is 31.5 Å². The van der Waals surface area contributed by atoms with Gasteiger partial charge in [0.25, 0.3) is 0 Å². The summed E-state index contributed by atoms with van der Waals surface area (Å²) in [5.41, 5.74) is 0. The molecule has 0 heterocycles. The summed E-state index contributed by atoms with van der Waals surface area (Å²) in [4.78, 5) is 21.4. The maximum atomic E-state index is 12.5. The second-order valence-corrected chi connectivity index (χ2v) is 2.91. The smallest absolute Gasteiger partial charge is 0.358 e. The number of hydrogen-bond acceptors (Lipinski definition) is 2. The summed E-state index contributed by atoms with van der Waals surface area (Å²) >= 11 is 0. The molecule has 0 saturated carbocycles. The molecule has 16 heavy (non-hydrogen) atoms. The Hall–Kier alpha value is -1.41. The molecule has 0 aliphatic heterocycles. The number of carbonyl (C=O) groups is 2. The standard InChI is InChI=1S/C7H9F5N2O2/c1-13-4(15)3-14(2)5(16)6(8,9)7(10,11)12/h3H2,1-2H3,(H,13,15). The molecule has 0 rings (SSSR count). The van der Waals surface area contributed by atoms with Gasteiger partial charge in [-0.2, -0.15) is 22.0 Å². The van der Waals surface area contributed by atoms with Crippen LogP contribution in [0.4, 0.5) is 22.0 Å². The van der Waals surface area contributed by atoms with Gasteiger partial charge < -0.3 is 10.2 Å². The van der Waals surface area contributed by atoms with Gasteiger partial charge in [0, 0.05) is 14.1 Å². The first kappa shape index (κ1) is 14.6. The average molecular weight is 248 g/mol. The second-order valence-electron chi connectivity index (χ2n) is 2.91. The van der Waals surface area contributed by atoms with Gasteiger partial charge in [0.1, 0.15) is 0 Å². The molecular weight excluding hydrogens is 239 g/mol. The van der Waals surface area contributed by atoms with Crippen molar-refractivity contribution in [3.63, 3.8) is 0 Å². The van der Waals surface area contributed by atoms with E-state index in [0.29, 0.717) is 7.05 Å². The Labute approximate surface area is 87.4 Å². The largest absolute Gasteiger partial charge is 0.463 e. The van der Waals surface area contributed by atoms with Crippen LogP contribution in [-0.2, 0) is 9.59 Å². The van der Waals surface area contributed by atoms with Crippen LogP contribution in [0.15, 0.2) is 0 Å². The maximum absolute atomic E-state index is 12.5. The van der Waals surface area contributed by atoms with Gasteiger partial charge in [0.05, 0.1) is 6.54 Å². The van der Waals surface area contributed by atoms with Crippen LogP contribution in [0.1, 0.15) is 0 Å². The summed E-state index contributed by atoms with van der Waals surface area (Å²) in [6, 6.07) is 0. The number of nitrogens with zero attached hydrogens (tertiary/aromatic N) is 1. The van der Waals surface area contributed by atoms with E-state index < -0.39 is 30.5 Å². The summed E-state index contributed by atoms with van der Waals surface area (Å²) < 4.78 is 60.3. The minimum Gasteiger partial charge on any atom is -0.358 e. The lowest BCUT2D eigenvalue weighted by molar-refractivity contribution is -0.273. The van der Waals surface area contributed by atoms with Crippen molar-refractivity contribution >= 4 is 11.8 Å². The van der Waals surface area contributed by atoms with Gasteiger partial charge in [-0.05, 0) is 0 Å². The van der Waals surface area contributed by atoms with E-state index in [1.54, 1.807) is 0 Å². The van der Waals surface area contributed by atoms with Gasteiger partial charge in [0.2, 0.25) is 5.91 Å². The Balaban J connectivity index is 4.74. The highest BCUT2D eigenvalue weighted by Crippen LogP contribution is 2.36. The van der Waals surface area contributed by atoms with Crippen molar-refractivity contribution in [2.45, 2.75) is 12.1 Å². The van der Waals surface area contributed by atoms with Crippen molar-refractivity contribution in [2.24, 2.45) is 0 Å². The first-order valence-electron chi connectivity index (χ1n) is 3.94. The predicted molar refractivity (Wildman–Crippen MR) is 42.7 cm³/mol. The lowest BCUT2D eigenvalue weighted by Crippen LogP contribution is -2.52. The van der Waals surface area contributed by atoms with Crippen molar-refractivity contribution in [3.8, 4) is 0 Å². The fourth-order valence-corrected chi connectivity index (χ4v) is 0.727. The molecule has 0 aliphatic carbocycles. The second kappa shape index (κ2) is 4.62. The summed E-state index contributed by atoms with van der Waals surface area (Å²) in [5.74, 6) is -8.81. The van der Waals surface area contributed by atoms with E-state index in [4.69, 9.17) is 0 Å². The third-order valence-electron chi connectivity index (χ3n) is 1.63. The monoisotopic (exact) mass is 248 g/mol. The van der Waals surface area contributed by atoms with Crippen molar-refractivity contribution in [2.75, 3.05) is 20.6 Å². The number of alkyl halides is 5. The maximum Gasteiger partial charge on any atom is 0.463 e. The molecule has 0 aromatic rings. The Morgan fingerprint density at radius 3 is 1.94 bits per heavy atom. The minimum atomic E-state index is -5.97. The molecule has 0 aromatic heterocycles. The van der Waals surface area contributed by atoms with E-state index in [0.717, 1.165) is 7.05 Å². The Kier molecular flexibility index (Phi) is 4.21. The molecule has 2 amide bonds. The minimum absolute atomic E-state index is 0.00627. The van der Waals surface area contributed by atoms with Crippen molar-refractivity contribution in [3.05, 3.63) is 0 Å². The Morgan fingerprint density at radius 2 is 1.62 bits per heavy atom. The molecule has 0 bridgehead atoms. The average Bonchev–Trinajstić information content (AvgIpc) is 2.14. The van der Waals surface area contributed by atoms with E-state index in [-0.39, 0.29) is 4.90 Å². The SMILES string of the molecule is CNC(=O)CN(C)C(=O)C(F)(F)C(F)(F)F. The highest BCUT2D eigenvalue weighted by molar-refractivity contribution is 5.88. The third-order valence-corrected chi connectivity index (χ3v) is 1.63. The summed E-state index contributed by atoms with van der Waals surface area (Å²) in [7, 11) is 1.83. The first-order valence-corrected chi connectivity index (χ1v) is 3.94. The van der Waals surface area contributed by atoms with Crippen LogP contribution in [0, 0.1) is 0 Å². The molecule has 0 fully saturated rings. The predicted octanol–water partition coefficient (Wildman–Crippen LogP) is 0.388. The Bertz CT molecular complexity index is 289. The lowest BCUT2D eigenvalue weighted by atomic mass is 10.3. The van der Waals surface area contributed by atoms with Crippen molar-refractivity contribution in [1.82, 2.24) is 10.2 Å². The summed E-state index contributed by atoms with van der Waals surface area (Å²) in [5, 5.41) is 1.98. The highest BCUT2D eigenvalue weighted by Gasteiger charge is 2.64. The molecule has 0 spiro atoms. The zero-order valence-corrected chi connectivity index (χ0v) is 8.36. The molecule has 0 radical (unpaired) electrons. The molecule has 0 aromatic carbocycles. The van der Waals surface area contributed by atoms with Crippen molar-refractivity contribution < 1.29 is 31.5 Å². The zero-order chi connectivity index (χ0) is 13.1. The molecular formula is C7H9F5N2O2. The number of likely N-dealkylation sites (N-methyl/N-ethyl adjacent to an activating group) is 2. The number of amides is 2. The molecule has 9 heteroatoms. The number of nitrogens with one attached hydrogen (secondary N) is 1. The molecule has 4 nitrogen and oxygen atoms in total. The van der Waals surface area contributed by atoms with Crippen LogP contribution >= 0.6 is 0 Å². The molecule has 0 atom stereocenters.